The number of carbonyl (C=O) groups is 2. The van der Waals surface area contributed by atoms with Gasteiger partial charge >= 0.3 is 0 Å². The second kappa shape index (κ2) is 10.0. The zero-order chi connectivity index (χ0) is 21.8. The zero-order valence-electron chi connectivity index (χ0n) is 18.7. The molecule has 0 bridgehead atoms. The van der Waals surface area contributed by atoms with Gasteiger partial charge in [0.15, 0.2) is 0 Å². The maximum Gasteiger partial charge on any atom is 0.243 e. The molecule has 7 nitrogen and oxygen atoms in total. The van der Waals surface area contributed by atoms with Gasteiger partial charge in [-0.3, -0.25) is 9.59 Å². The van der Waals surface area contributed by atoms with Crippen LogP contribution in [-0.4, -0.2) is 55.7 Å². The maximum atomic E-state index is 13.2. The predicted octanol–water partition coefficient (Wildman–Crippen LogP) is 1.89. The van der Waals surface area contributed by atoms with Gasteiger partial charge in [0.25, 0.3) is 0 Å². The molecule has 170 valence electrons. The minimum absolute atomic E-state index is 0.0183. The van der Waals surface area contributed by atoms with Crippen molar-refractivity contribution >= 4 is 17.5 Å². The van der Waals surface area contributed by atoms with Gasteiger partial charge in [-0.2, -0.15) is 0 Å². The van der Waals surface area contributed by atoms with Crippen molar-refractivity contribution in [3.8, 4) is 0 Å². The van der Waals surface area contributed by atoms with Gasteiger partial charge in [-0.25, -0.2) is 0 Å². The van der Waals surface area contributed by atoms with Gasteiger partial charge in [0.2, 0.25) is 11.8 Å². The molecule has 0 spiro atoms. The molecule has 4 N–H and O–H groups in total. The number of carbonyl (C=O) groups excluding carboxylic acids is 2. The maximum absolute atomic E-state index is 13.2. The molecule has 1 aromatic carbocycles. The summed E-state index contributed by atoms with van der Waals surface area (Å²) in [5.41, 5.74) is 3.44. The number of amides is 2. The first-order valence-corrected chi connectivity index (χ1v) is 11.8. The van der Waals surface area contributed by atoms with Crippen LogP contribution in [0.15, 0.2) is 18.2 Å². The van der Waals surface area contributed by atoms with Crippen LogP contribution in [0.1, 0.15) is 50.2 Å². The lowest BCUT2D eigenvalue weighted by atomic mass is 9.85. The lowest BCUT2D eigenvalue weighted by molar-refractivity contribution is -0.124. The zero-order valence-corrected chi connectivity index (χ0v) is 18.7. The molecule has 4 rings (SSSR count). The summed E-state index contributed by atoms with van der Waals surface area (Å²) in [4.78, 5) is 25.7. The molecule has 2 saturated heterocycles. The second-order valence-electron chi connectivity index (χ2n) is 9.39. The Morgan fingerprint density at radius 3 is 2.90 bits per heavy atom. The third-order valence-corrected chi connectivity index (χ3v) is 6.99. The smallest absolute Gasteiger partial charge is 0.243 e. The number of piperidine rings is 1. The summed E-state index contributed by atoms with van der Waals surface area (Å²) in [5.74, 6) is 0.520. The van der Waals surface area contributed by atoms with Gasteiger partial charge in [-0.05, 0) is 56.2 Å². The highest BCUT2D eigenvalue weighted by atomic mass is 16.5. The molecule has 5 unspecified atom stereocenters. The number of aryl methyl sites for hydroxylation is 1. The average Bonchev–Trinajstić information content (AvgIpc) is 3.42. The van der Waals surface area contributed by atoms with Crippen LogP contribution in [0.5, 0.6) is 0 Å². The van der Waals surface area contributed by atoms with Crippen molar-refractivity contribution in [1.82, 2.24) is 16.0 Å². The van der Waals surface area contributed by atoms with Crippen LogP contribution >= 0.6 is 0 Å². The van der Waals surface area contributed by atoms with E-state index in [1.54, 1.807) is 0 Å². The molecule has 5 atom stereocenters. The first-order chi connectivity index (χ1) is 15.0. The molecule has 0 aliphatic carbocycles. The van der Waals surface area contributed by atoms with E-state index in [1.807, 2.05) is 6.07 Å². The van der Waals surface area contributed by atoms with Crippen LogP contribution < -0.4 is 21.3 Å². The first kappa shape index (κ1) is 22.1. The number of benzene rings is 1. The topological polar surface area (TPSA) is 91.5 Å². The largest absolute Gasteiger partial charge is 0.379 e. The summed E-state index contributed by atoms with van der Waals surface area (Å²) < 4.78 is 5.35. The lowest BCUT2D eigenvalue weighted by Crippen LogP contribution is -2.57. The van der Waals surface area contributed by atoms with Crippen LogP contribution in [0.25, 0.3) is 0 Å². The van der Waals surface area contributed by atoms with Crippen LogP contribution in [0.3, 0.4) is 0 Å². The molecule has 0 aromatic heterocycles. The SMILES string of the molecule is Cc1cccc2c1NC(C(=O)NC(CCC(=O)NC1CCOC1)C1NCCCC1C)C2. The third-order valence-electron chi connectivity index (χ3n) is 6.99. The van der Waals surface area contributed by atoms with Gasteiger partial charge in [0.1, 0.15) is 6.04 Å². The first-order valence-electron chi connectivity index (χ1n) is 11.8. The molecule has 3 aliphatic heterocycles. The van der Waals surface area contributed by atoms with E-state index < -0.39 is 0 Å². The molecular formula is C24H36N4O3. The Morgan fingerprint density at radius 1 is 1.29 bits per heavy atom. The molecular weight excluding hydrogens is 392 g/mol. The van der Waals surface area contributed by atoms with E-state index in [0.717, 1.165) is 31.5 Å². The van der Waals surface area contributed by atoms with Gasteiger partial charge in [-0.15, -0.1) is 0 Å². The minimum atomic E-state index is -0.262. The molecule has 0 saturated carbocycles. The van der Waals surface area contributed by atoms with E-state index in [9.17, 15) is 9.59 Å². The number of para-hydroxylation sites is 1. The van der Waals surface area contributed by atoms with Crippen molar-refractivity contribution in [2.45, 2.75) is 76.5 Å². The van der Waals surface area contributed by atoms with Crippen molar-refractivity contribution in [3.63, 3.8) is 0 Å². The highest BCUT2D eigenvalue weighted by molar-refractivity contribution is 5.88. The monoisotopic (exact) mass is 428 g/mol. The number of anilines is 1. The van der Waals surface area contributed by atoms with Crippen molar-refractivity contribution < 1.29 is 14.3 Å². The summed E-state index contributed by atoms with van der Waals surface area (Å²) in [6.45, 7) is 6.57. The number of hydrogen-bond acceptors (Lipinski definition) is 5. The van der Waals surface area contributed by atoms with Crippen molar-refractivity contribution in [3.05, 3.63) is 29.3 Å². The van der Waals surface area contributed by atoms with Crippen LogP contribution in [0, 0.1) is 12.8 Å². The lowest BCUT2D eigenvalue weighted by Gasteiger charge is -2.37. The summed E-state index contributed by atoms with van der Waals surface area (Å²) in [5, 5.41) is 13.4. The van der Waals surface area contributed by atoms with Gasteiger partial charge in [0, 0.05) is 37.2 Å². The normalized spacial score (nSPS) is 28.5. The Labute approximate surface area is 185 Å². The van der Waals surface area contributed by atoms with Crippen LogP contribution in [-0.2, 0) is 20.7 Å². The van der Waals surface area contributed by atoms with Crippen molar-refractivity contribution in [2.24, 2.45) is 5.92 Å². The average molecular weight is 429 g/mol. The van der Waals surface area contributed by atoms with Crippen LogP contribution in [0.2, 0.25) is 0 Å². The fourth-order valence-corrected chi connectivity index (χ4v) is 5.18. The van der Waals surface area contributed by atoms with Gasteiger partial charge in [0.05, 0.1) is 12.6 Å². The van der Waals surface area contributed by atoms with Crippen molar-refractivity contribution in [2.75, 3.05) is 25.1 Å². The summed E-state index contributed by atoms with van der Waals surface area (Å²) >= 11 is 0. The molecule has 31 heavy (non-hydrogen) atoms. The molecule has 7 heteroatoms. The number of nitrogens with one attached hydrogen (secondary N) is 4. The standard InChI is InChI=1S/C24H36N4O3/c1-15-5-3-7-17-13-20(27-22(15)17)24(30)28-19(23-16(2)6-4-11-25-23)8-9-21(29)26-18-10-12-31-14-18/h3,5,7,16,18-20,23,25,27H,4,6,8-14H2,1-2H3,(H,26,29)(H,28,30). The Bertz CT molecular complexity index is 793. The molecule has 3 aliphatic rings. The molecule has 2 amide bonds. The summed E-state index contributed by atoms with van der Waals surface area (Å²) in [6.07, 6.45) is 4.91. The quantitative estimate of drug-likeness (QED) is 0.532. The molecule has 3 heterocycles. The highest BCUT2D eigenvalue weighted by Crippen LogP contribution is 2.29. The van der Waals surface area contributed by atoms with Crippen molar-refractivity contribution in [1.29, 1.82) is 0 Å². The van der Waals surface area contributed by atoms with Crippen LogP contribution in [0.4, 0.5) is 5.69 Å². The van der Waals surface area contributed by atoms with E-state index in [-0.39, 0.29) is 36.0 Å². The number of hydrogen-bond donors (Lipinski definition) is 4. The molecule has 1 aromatic rings. The van der Waals surface area contributed by atoms with E-state index in [1.165, 1.54) is 11.1 Å². The van der Waals surface area contributed by atoms with E-state index >= 15 is 0 Å². The Kier molecular flexibility index (Phi) is 7.13. The molecule has 2 fully saturated rings. The van der Waals surface area contributed by atoms with E-state index in [2.05, 4.69) is 47.2 Å². The fourth-order valence-electron chi connectivity index (χ4n) is 5.18. The number of ether oxygens (including phenoxy) is 1. The number of rotatable bonds is 7. The van der Waals surface area contributed by atoms with Gasteiger partial charge < -0.3 is 26.0 Å². The summed E-state index contributed by atoms with van der Waals surface area (Å²) in [6, 6.07) is 6.17. The van der Waals surface area contributed by atoms with Gasteiger partial charge in [-0.1, -0.05) is 25.1 Å². The second-order valence-corrected chi connectivity index (χ2v) is 9.39. The minimum Gasteiger partial charge on any atom is -0.379 e. The Balaban J connectivity index is 1.37. The third kappa shape index (κ3) is 5.39. The fraction of sp³-hybridized carbons (Fsp3) is 0.667. The Hall–Kier alpha value is -2.12. The molecule has 0 radical (unpaired) electrons. The highest BCUT2D eigenvalue weighted by Gasteiger charge is 2.34. The predicted molar refractivity (Wildman–Crippen MR) is 121 cm³/mol. The summed E-state index contributed by atoms with van der Waals surface area (Å²) in [7, 11) is 0. The Morgan fingerprint density at radius 2 is 2.16 bits per heavy atom. The van der Waals surface area contributed by atoms with E-state index in [0.29, 0.717) is 38.4 Å². The number of fused-ring (bicyclic) bond motifs is 1. The van der Waals surface area contributed by atoms with E-state index in [4.69, 9.17) is 4.74 Å².